The molecule has 6 nitrogen and oxygen atoms in total. The molecule has 1 aliphatic heterocycles. The Bertz CT molecular complexity index is 799. The summed E-state index contributed by atoms with van der Waals surface area (Å²) in [7, 11) is 6.13. The molecule has 1 unspecified atom stereocenters. The number of ether oxygens (including phenoxy) is 5. The SMILES string of the molecule is COc1cccc(C2CC(=O)c3c(OC)cc(OC)c(OC)c3O2)c1. The van der Waals surface area contributed by atoms with Gasteiger partial charge < -0.3 is 23.7 Å². The molecule has 0 aliphatic carbocycles. The fourth-order valence-corrected chi connectivity index (χ4v) is 2.96. The van der Waals surface area contributed by atoms with Crippen LogP contribution in [0.2, 0.25) is 0 Å². The third-order valence-corrected chi connectivity index (χ3v) is 4.18. The molecule has 0 radical (unpaired) electrons. The Morgan fingerprint density at radius 1 is 0.960 bits per heavy atom. The molecule has 0 aromatic heterocycles. The second kappa shape index (κ2) is 6.93. The normalized spacial score (nSPS) is 15.8. The molecule has 6 heteroatoms. The summed E-state index contributed by atoms with van der Waals surface area (Å²) in [5, 5.41) is 0. The highest BCUT2D eigenvalue weighted by Gasteiger charge is 2.35. The summed E-state index contributed by atoms with van der Waals surface area (Å²) in [5.41, 5.74) is 1.22. The van der Waals surface area contributed by atoms with Crippen molar-refractivity contribution in [1.29, 1.82) is 0 Å². The van der Waals surface area contributed by atoms with Crippen molar-refractivity contribution in [2.45, 2.75) is 12.5 Å². The molecule has 0 fully saturated rings. The molecule has 0 saturated carbocycles. The van der Waals surface area contributed by atoms with E-state index in [4.69, 9.17) is 23.7 Å². The van der Waals surface area contributed by atoms with Crippen LogP contribution < -0.4 is 23.7 Å². The van der Waals surface area contributed by atoms with Gasteiger partial charge in [0.1, 0.15) is 23.2 Å². The molecule has 2 aromatic carbocycles. The number of carbonyl (C=O) groups is 1. The van der Waals surface area contributed by atoms with Crippen molar-refractivity contribution in [3.63, 3.8) is 0 Å². The second-order valence-electron chi connectivity index (χ2n) is 5.53. The minimum absolute atomic E-state index is 0.0770. The number of carbonyl (C=O) groups excluding carboxylic acids is 1. The van der Waals surface area contributed by atoms with Crippen molar-refractivity contribution < 1.29 is 28.5 Å². The Balaban J connectivity index is 2.10. The zero-order valence-corrected chi connectivity index (χ0v) is 14.6. The van der Waals surface area contributed by atoms with Crippen molar-refractivity contribution in [2.24, 2.45) is 0 Å². The number of rotatable bonds is 5. The minimum Gasteiger partial charge on any atom is -0.497 e. The fourth-order valence-electron chi connectivity index (χ4n) is 2.96. The number of methoxy groups -OCH3 is 4. The van der Waals surface area contributed by atoms with Gasteiger partial charge in [-0.2, -0.15) is 0 Å². The monoisotopic (exact) mass is 344 g/mol. The Labute approximate surface area is 146 Å². The molecule has 0 N–H and O–H groups in total. The Morgan fingerprint density at radius 3 is 2.36 bits per heavy atom. The summed E-state index contributed by atoms with van der Waals surface area (Å²) in [6, 6.07) is 9.09. The van der Waals surface area contributed by atoms with E-state index in [0.29, 0.717) is 34.3 Å². The van der Waals surface area contributed by atoms with Crippen LogP contribution in [0.5, 0.6) is 28.7 Å². The lowest BCUT2D eigenvalue weighted by molar-refractivity contribution is 0.0835. The van der Waals surface area contributed by atoms with Gasteiger partial charge in [-0.1, -0.05) is 12.1 Å². The zero-order valence-electron chi connectivity index (χ0n) is 14.6. The van der Waals surface area contributed by atoms with Gasteiger partial charge in [0, 0.05) is 6.07 Å². The molecule has 2 aromatic rings. The standard InChI is InChI=1S/C19H20O6/c1-21-12-7-5-6-11(8-12)14-9-13(20)17-15(22-2)10-16(23-3)18(24-4)19(17)25-14/h5-8,10,14H,9H2,1-4H3. The van der Waals surface area contributed by atoms with Crippen molar-refractivity contribution in [2.75, 3.05) is 28.4 Å². The predicted octanol–water partition coefficient (Wildman–Crippen LogP) is 3.43. The maximum absolute atomic E-state index is 12.8. The Morgan fingerprint density at radius 2 is 1.72 bits per heavy atom. The maximum Gasteiger partial charge on any atom is 0.204 e. The number of benzene rings is 2. The van der Waals surface area contributed by atoms with Gasteiger partial charge in [0.15, 0.2) is 17.3 Å². The molecule has 0 spiro atoms. The van der Waals surface area contributed by atoms with E-state index in [1.165, 1.54) is 21.3 Å². The first-order chi connectivity index (χ1) is 12.1. The van der Waals surface area contributed by atoms with E-state index < -0.39 is 6.10 Å². The quantitative estimate of drug-likeness (QED) is 0.828. The lowest BCUT2D eigenvalue weighted by Crippen LogP contribution is -2.22. The molecule has 0 saturated heterocycles. The lowest BCUT2D eigenvalue weighted by atomic mass is 9.95. The van der Waals surface area contributed by atoms with Crippen molar-refractivity contribution in [3.05, 3.63) is 41.5 Å². The molecule has 132 valence electrons. The molecular weight excluding hydrogens is 324 g/mol. The molecule has 3 rings (SSSR count). The van der Waals surface area contributed by atoms with Gasteiger partial charge in [-0.05, 0) is 17.7 Å². The van der Waals surface area contributed by atoms with Gasteiger partial charge >= 0.3 is 0 Å². The van der Waals surface area contributed by atoms with Crippen LogP contribution in [-0.2, 0) is 0 Å². The smallest absolute Gasteiger partial charge is 0.204 e. The molecule has 1 aliphatic rings. The molecule has 25 heavy (non-hydrogen) atoms. The highest BCUT2D eigenvalue weighted by Crippen LogP contribution is 2.50. The lowest BCUT2D eigenvalue weighted by Gasteiger charge is -2.28. The summed E-state index contributed by atoms with van der Waals surface area (Å²) in [6.07, 6.45) is -0.243. The first-order valence-corrected chi connectivity index (χ1v) is 7.79. The molecule has 1 heterocycles. The van der Waals surface area contributed by atoms with Crippen molar-refractivity contribution in [3.8, 4) is 28.7 Å². The van der Waals surface area contributed by atoms with Gasteiger partial charge in [-0.3, -0.25) is 4.79 Å². The van der Waals surface area contributed by atoms with Gasteiger partial charge in [-0.25, -0.2) is 0 Å². The van der Waals surface area contributed by atoms with Crippen molar-refractivity contribution >= 4 is 5.78 Å². The summed E-state index contributed by atoms with van der Waals surface area (Å²) in [6.45, 7) is 0. The molecule has 1 atom stereocenters. The average Bonchev–Trinajstić information content (AvgIpc) is 2.66. The third-order valence-electron chi connectivity index (χ3n) is 4.18. The van der Waals surface area contributed by atoms with E-state index in [9.17, 15) is 4.79 Å². The Hall–Kier alpha value is -2.89. The van der Waals surface area contributed by atoms with E-state index in [0.717, 1.165) is 5.56 Å². The third kappa shape index (κ3) is 2.95. The minimum atomic E-state index is -0.444. The highest BCUT2D eigenvalue weighted by atomic mass is 16.5. The van der Waals surface area contributed by atoms with Crippen molar-refractivity contribution in [1.82, 2.24) is 0 Å². The van der Waals surface area contributed by atoms with Crippen LogP contribution in [0, 0.1) is 0 Å². The van der Waals surface area contributed by atoms with E-state index in [1.807, 2.05) is 24.3 Å². The van der Waals surface area contributed by atoms with Crippen LogP contribution in [0.15, 0.2) is 30.3 Å². The van der Waals surface area contributed by atoms with E-state index in [2.05, 4.69) is 0 Å². The summed E-state index contributed by atoms with van der Waals surface area (Å²) in [5.74, 6) is 2.18. The zero-order chi connectivity index (χ0) is 18.0. The van der Waals surface area contributed by atoms with Crippen LogP contribution in [0.4, 0.5) is 0 Å². The van der Waals surface area contributed by atoms with Crippen LogP contribution in [0.25, 0.3) is 0 Å². The topological polar surface area (TPSA) is 63.2 Å². The number of hydrogen-bond donors (Lipinski definition) is 0. The fraction of sp³-hybridized carbons (Fsp3) is 0.316. The second-order valence-corrected chi connectivity index (χ2v) is 5.53. The van der Waals surface area contributed by atoms with Crippen LogP contribution in [-0.4, -0.2) is 34.2 Å². The highest BCUT2D eigenvalue weighted by molar-refractivity contribution is 6.04. The number of Topliss-reactive ketones (excluding diaryl/α,β-unsaturated/α-hetero) is 1. The Kier molecular flexibility index (Phi) is 4.70. The van der Waals surface area contributed by atoms with Crippen LogP contribution in [0.1, 0.15) is 28.4 Å². The predicted molar refractivity (Wildman–Crippen MR) is 91.4 cm³/mol. The van der Waals surface area contributed by atoms with E-state index in [-0.39, 0.29) is 12.2 Å². The van der Waals surface area contributed by atoms with Gasteiger partial charge in [-0.15, -0.1) is 0 Å². The van der Waals surface area contributed by atoms with Gasteiger partial charge in [0.2, 0.25) is 5.75 Å². The summed E-state index contributed by atoms with van der Waals surface area (Å²) in [4.78, 5) is 12.8. The first kappa shape index (κ1) is 17.0. The first-order valence-electron chi connectivity index (χ1n) is 7.79. The number of fused-ring (bicyclic) bond motifs is 1. The van der Waals surface area contributed by atoms with Gasteiger partial charge in [0.05, 0.1) is 34.9 Å². The van der Waals surface area contributed by atoms with Crippen LogP contribution >= 0.6 is 0 Å². The van der Waals surface area contributed by atoms with E-state index in [1.54, 1.807) is 13.2 Å². The number of ketones is 1. The van der Waals surface area contributed by atoms with Gasteiger partial charge in [0.25, 0.3) is 0 Å². The van der Waals surface area contributed by atoms with Crippen LogP contribution in [0.3, 0.4) is 0 Å². The number of hydrogen-bond acceptors (Lipinski definition) is 6. The summed E-state index contributed by atoms with van der Waals surface area (Å²) < 4.78 is 27.5. The average molecular weight is 344 g/mol. The molecule has 0 amide bonds. The molecule has 0 bridgehead atoms. The van der Waals surface area contributed by atoms with E-state index >= 15 is 0 Å². The summed E-state index contributed by atoms with van der Waals surface area (Å²) >= 11 is 0. The largest absolute Gasteiger partial charge is 0.497 e. The maximum atomic E-state index is 12.8. The molecular formula is C19H20O6.